The van der Waals surface area contributed by atoms with Crippen LogP contribution in [-0.4, -0.2) is 13.2 Å². The highest BCUT2D eigenvalue weighted by atomic mass is 35.5. The number of ether oxygens (including phenoxy) is 1. The Morgan fingerprint density at radius 3 is 2.76 bits per heavy atom. The van der Waals surface area contributed by atoms with E-state index in [1.165, 1.54) is 29.5 Å². The number of hydrogen-bond acceptors (Lipinski definition) is 2. The van der Waals surface area contributed by atoms with Crippen molar-refractivity contribution >= 4 is 11.6 Å². The first-order valence-electron chi connectivity index (χ1n) is 6.26. The summed E-state index contributed by atoms with van der Waals surface area (Å²) >= 11 is 6.28. The van der Waals surface area contributed by atoms with E-state index >= 15 is 0 Å². The van der Waals surface area contributed by atoms with E-state index in [1.54, 1.807) is 7.11 Å². The first-order valence-corrected chi connectivity index (χ1v) is 6.64. The zero-order valence-corrected chi connectivity index (χ0v) is 11.3. The summed E-state index contributed by atoms with van der Waals surface area (Å²) in [5.74, 6) is 0.824. The van der Waals surface area contributed by atoms with Crippen LogP contribution in [0, 0.1) is 0 Å². The van der Waals surface area contributed by atoms with Crippen molar-refractivity contribution in [3.63, 3.8) is 0 Å². The Balaban J connectivity index is 2.53. The summed E-state index contributed by atoms with van der Waals surface area (Å²) in [6, 6.07) is 2.20. The second kappa shape index (κ2) is 5.28. The van der Waals surface area contributed by atoms with Gasteiger partial charge in [-0.1, -0.05) is 11.6 Å². The van der Waals surface area contributed by atoms with Gasteiger partial charge in [0.15, 0.2) is 0 Å². The second-order valence-electron chi connectivity index (χ2n) is 4.90. The van der Waals surface area contributed by atoms with Gasteiger partial charge in [0.25, 0.3) is 0 Å². The van der Waals surface area contributed by atoms with Crippen LogP contribution in [-0.2, 0) is 19.3 Å². The Hall–Kier alpha value is -0.730. The fourth-order valence-electron chi connectivity index (χ4n) is 2.69. The molecule has 2 rings (SSSR count). The second-order valence-corrected chi connectivity index (χ2v) is 5.30. The van der Waals surface area contributed by atoms with Crippen molar-refractivity contribution in [1.29, 1.82) is 0 Å². The van der Waals surface area contributed by atoms with Crippen molar-refractivity contribution < 1.29 is 4.74 Å². The number of aryl methyl sites for hydroxylation is 1. The molecule has 0 saturated carbocycles. The normalized spacial score (nSPS) is 16.5. The topological polar surface area (TPSA) is 35.2 Å². The van der Waals surface area contributed by atoms with E-state index in [0.717, 1.165) is 30.0 Å². The lowest BCUT2D eigenvalue weighted by Gasteiger charge is -2.23. The van der Waals surface area contributed by atoms with Gasteiger partial charge in [-0.05, 0) is 56.2 Å². The molecule has 0 saturated heterocycles. The summed E-state index contributed by atoms with van der Waals surface area (Å²) in [6.45, 7) is 2.02. The predicted molar refractivity (Wildman–Crippen MR) is 72.0 cm³/mol. The lowest BCUT2D eigenvalue weighted by Crippen LogP contribution is -2.20. The van der Waals surface area contributed by atoms with Crippen LogP contribution >= 0.6 is 11.6 Å². The van der Waals surface area contributed by atoms with E-state index in [9.17, 15) is 0 Å². The Kier molecular flexibility index (Phi) is 3.95. The molecule has 0 heterocycles. The molecule has 0 aromatic heterocycles. The Morgan fingerprint density at radius 2 is 2.12 bits per heavy atom. The van der Waals surface area contributed by atoms with Gasteiger partial charge >= 0.3 is 0 Å². The Bertz CT molecular complexity index is 415. The Labute approximate surface area is 108 Å². The van der Waals surface area contributed by atoms with Crippen molar-refractivity contribution in [2.75, 3.05) is 7.11 Å². The van der Waals surface area contributed by atoms with Crippen LogP contribution in [0.25, 0.3) is 0 Å². The highest BCUT2D eigenvalue weighted by Gasteiger charge is 2.20. The minimum Gasteiger partial charge on any atom is -0.495 e. The standard InChI is InChI=1S/C14H20ClNO/c1-9(16)7-12-11-6-4-3-5-10(11)8-13(15)14(12)17-2/h8-9H,3-7,16H2,1-2H3. The van der Waals surface area contributed by atoms with Gasteiger partial charge in [0.05, 0.1) is 12.1 Å². The molecule has 3 heteroatoms. The van der Waals surface area contributed by atoms with Crippen molar-refractivity contribution in [2.24, 2.45) is 5.73 Å². The fraction of sp³-hybridized carbons (Fsp3) is 0.571. The molecule has 2 N–H and O–H groups in total. The van der Waals surface area contributed by atoms with Crippen LogP contribution in [0.15, 0.2) is 6.07 Å². The smallest absolute Gasteiger partial charge is 0.140 e. The predicted octanol–water partition coefficient (Wildman–Crippen LogP) is 3.12. The largest absolute Gasteiger partial charge is 0.495 e. The monoisotopic (exact) mass is 253 g/mol. The molecule has 0 amide bonds. The number of fused-ring (bicyclic) bond motifs is 1. The first-order chi connectivity index (χ1) is 8.13. The molecule has 1 aliphatic carbocycles. The van der Waals surface area contributed by atoms with Gasteiger partial charge in [0.2, 0.25) is 0 Å². The quantitative estimate of drug-likeness (QED) is 0.898. The molecule has 1 unspecified atom stereocenters. The molecule has 17 heavy (non-hydrogen) atoms. The molecule has 1 aromatic rings. The van der Waals surface area contributed by atoms with E-state index in [-0.39, 0.29) is 6.04 Å². The molecular formula is C14H20ClNO. The average molecular weight is 254 g/mol. The molecule has 0 bridgehead atoms. The number of nitrogens with two attached hydrogens (primary N) is 1. The number of methoxy groups -OCH3 is 1. The van der Waals surface area contributed by atoms with E-state index in [2.05, 4.69) is 6.07 Å². The van der Waals surface area contributed by atoms with E-state index < -0.39 is 0 Å². The highest BCUT2D eigenvalue weighted by molar-refractivity contribution is 6.32. The lowest BCUT2D eigenvalue weighted by molar-refractivity contribution is 0.407. The minimum absolute atomic E-state index is 0.133. The van der Waals surface area contributed by atoms with Gasteiger partial charge in [-0.3, -0.25) is 0 Å². The third-order valence-corrected chi connectivity index (χ3v) is 3.68. The maximum Gasteiger partial charge on any atom is 0.140 e. The van der Waals surface area contributed by atoms with Crippen LogP contribution in [0.1, 0.15) is 36.5 Å². The molecule has 1 aromatic carbocycles. The molecule has 2 nitrogen and oxygen atoms in total. The van der Waals surface area contributed by atoms with Gasteiger partial charge in [0.1, 0.15) is 5.75 Å². The minimum atomic E-state index is 0.133. The summed E-state index contributed by atoms with van der Waals surface area (Å²) in [4.78, 5) is 0. The van der Waals surface area contributed by atoms with Crippen molar-refractivity contribution in [1.82, 2.24) is 0 Å². The summed E-state index contributed by atoms with van der Waals surface area (Å²) in [7, 11) is 1.68. The third kappa shape index (κ3) is 2.58. The van der Waals surface area contributed by atoms with Crippen LogP contribution < -0.4 is 10.5 Å². The van der Waals surface area contributed by atoms with Crippen molar-refractivity contribution in [3.8, 4) is 5.75 Å². The Morgan fingerprint density at radius 1 is 1.41 bits per heavy atom. The zero-order valence-electron chi connectivity index (χ0n) is 10.6. The number of rotatable bonds is 3. The summed E-state index contributed by atoms with van der Waals surface area (Å²) in [5, 5.41) is 0.726. The third-order valence-electron chi connectivity index (χ3n) is 3.40. The van der Waals surface area contributed by atoms with Crippen molar-refractivity contribution in [2.45, 2.75) is 45.1 Å². The molecule has 0 radical (unpaired) electrons. The van der Waals surface area contributed by atoms with Gasteiger partial charge < -0.3 is 10.5 Å². The SMILES string of the molecule is COc1c(Cl)cc2c(c1CC(C)N)CCCC2. The summed E-state index contributed by atoms with van der Waals surface area (Å²) in [6.07, 6.45) is 5.61. The van der Waals surface area contributed by atoms with Crippen LogP contribution in [0.4, 0.5) is 0 Å². The molecule has 0 spiro atoms. The molecule has 1 aliphatic rings. The number of hydrogen-bond donors (Lipinski definition) is 1. The van der Waals surface area contributed by atoms with Crippen LogP contribution in [0.3, 0.4) is 0 Å². The van der Waals surface area contributed by atoms with Gasteiger partial charge in [-0.15, -0.1) is 0 Å². The average Bonchev–Trinajstić information content (AvgIpc) is 2.28. The first kappa shape index (κ1) is 12.7. The summed E-state index contributed by atoms with van der Waals surface area (Å²) in [5.41, 5.74) is 9.97. The van der Waals surface area contributed by atoms with Gasteiger partial charge in [-0.25, -0.2) is 0 Å². The molecule has 0 aliphatic heterocycles. The van der Waals surface area contributed by atoms with Crippen LogP contribution in [0.2, 0.25) is 5.02 Å². The summed E-state index contributed by atoms with van der Waals surface area (Å²) < 4.78 is 5.46. The molecule has 94 valence electrons. The number of benzene rings is 1. The fourth-order valence-corrected chi connectivity index (χ4v) is 3.01. The maximum atomic E-state index is 6.28. The van der Waals surface area contributed by atoms with Gasteiger partial charge in [-0.2, -0.15) is 0 Å². The van der Waals surface area contributed by atoms with E-state index in [4.69, 9.17) is 22.1 Å². The molecule has 1 atom stereocenters. The zero-order chi connectivity index (χ0) is 12.4. The maximum absolute atomic E-state index is 6.28. The van der Waals surface area contributed by atoms with Gasteiger partial charge in [0, 0.05) is 11.6 Å². The van der Waals surface area contributed by atoms with Crippen molar-refractivity contribution in [3.05, 3.63) is 27.8 Å². The number of halogens is 1. The van der Waals surface area contributed by atoms with E-state index in [0.29, 0.717) is 0 Å². The lowest BCUT2D eigenvalue weighted by atomic mass is 9.86. The molecular weight excluding hydrogens is 234 g/mol. The van der Waals surface area contributed by atoms with Crippen LogP contribution in [0.5, 0.6) is 5.75 Å². The highest BCUT2D eigenvalue weighted by Crippen LogP contribution is 2.37. The molecule has 0 fully saturated rings. The van der Waals surface area contributed by atoms with E-state index in [1.807, 2.05) is 6.92 Å².